The van der Waals surface area contributed by atoms with Gasteiger partial charge in [-0.15, -0.1) is 0 Å². The van der Waals surface area contributed by atoms with E-state index in [0.717, 1.165) is 18.3 Å². The summed E-state index contributed by atoms with van der Waals surface area (Å²) in [5.74, 6) is 1.78. The van der Waals surface area contributed by atoms with E-state index in [4.69, 9.17) is 0 Å². The van der Waals surface area contributed by atoms with Crippen molar-refractivity contribution >= 4 is 11.6 Å². The second kappa shape index (κ2) is 7.70. The zero-order valence-corrected chi connectivity index (χ0v) is 14.8. The second-order valence-electron chi connectivity index (χ2n) is 7.34. The highest BCUT2D eigenvalue weighted by atomic mass is 14.4. The van der Waals surface area contributed by atoms with Crippen LogP contribution in [-0.4, -0.2) is 0 Å². The molecule has 0 heterocycles. The van der Waals surface area contributed by atoms with Crippen LogP contribution in [0.2, 0.25) is 0 Å². The number of hydrogen-bond acceptors (Lipinski definition) is 0. The van der Waals surface area contributed by atoms with Gasteiger partial charge in [-0.2, -0.15) is 0 Å². The third-order valence-electron chi connectivity index (χ3n) is 5.66. The monoisotopic (exact) mass is 326 g/mol. The number of hydrogen-bond donors (Lipinski definition) is 0. The van der Waals surface area contributed by atoms with Crippen LogP contribution in [0.3, 0.4) is 0 Å². The van der Waals surface area contributed by atoms with Crippen LogP contribution in [0.25, 0.3) is 11.6 Å². The lowest BCUT2D eigenvalue weighted by atomic mass is 9.91. The zero-order valence-electron chi connectivity index (χ0n) is 14.8. The van der Waals surface area contributed by atoms with Crippen LogP contribution in [0.4, 0.5) is 0 Å². The summed E-state index contributed by atoms with van der Waals surface area (Å²) in [6.45, 7) is 0. The summed E-state index contributed by atoms with van der Waals surface area (Å²) in [6.07, 6.45) is 15.9. The lowest BCUT2D eigenvalue weighted by Crippen LogP contribution is -1.98. The Bertz CT molecular complexity index is 777. The fourth-order valence-electron chi connectivity index (χ4n) is 4.33. The van der Waals surface area contributed by atoms with Crippen LogP contribution in [-0.2, 0) is 0 Å². The molecule has 0 saturated heterocycles. The minimum Gasteiger partial charge on any atom is -0.0819 e. The molecule has 0 aliphatic heterocycles. The van der Waals surface area contributed by atoms with E-state index in [1.54, 1.807) is 5.57 Å². The molecule has 1 unspecified atom stereocenters. The molecule has 0 N–H and O–H groups in total. The Morgan fingerprint density at radius 1 is 0.920 bits per heavy atom. The van der Waals surface area contributed by atoms with E-state index in [1.165, 1.54) is 42.4 Å². The molecule has 0 nitrogen and oxygen atoms in total. The van der Waals surface area contributed by atoms with Crippen molar-refractivity contribution in [2.24, 2.45) is 11.8 Å². The third kappa shape index (κ3) is 4.02. The average molecular weight is 326 g/mol. The normalized spacial score (nSPS) is 22.6. The molecule has 2 aliphatic carbocycles. The molecule has 1 fully saturated rings. The van der Waals surface area contributed by atoms with E-state index >= 15 is 0 Å². The van der Waals surface area contributed by atoms with Crippen molar-refractivity contribution in [1.29, 1.82) is 0 Å². The molecule has 2 aromatic carbocycles. The summed E-state index contributed by atoms with van der Waals surface area (Å²) in [7, 11) is 0. The standard InChI is InChI=1S/C25H26/c1-3-8-20(9-4-1)10-7-13-23(22-11-5-2-6-12-22)16-17-25-19-21-14-15-24(25)18-21/h1-13,19,21,24H,14-18H2/t21?,24-/m0/s1. The van der Waals surface area contributed by atoms with Gasteiger partial charge in [0.1, 0.15) is 0 Å². The number of fused-ring (bicyclic) bond motifs is 2. The first-order chi connectivity index (χ1) is 12.4. The van der Waals surface area contributed by atoms with Crippen molar-refractivity contribution < 1.29 is 0 Å². The topological polar surface area (TPSA) is 0 Å². The van der Waals surface area contributed by atoms with Gasteiger partial charge in [-0.05, 0) is 60.6 Å². The molecule has 0 amide bonds. The van der Waals surface area contributed by atoms with Crippen LogP contribution < -0.4 is 0 Å². The molecular formula is C25H26. The Labute approximate surface area is 151 Å². The summed E-state index contributed by atoms with van der Waals surface area (Å²) in [5, 5.41) is 0. The summed E-state index contributed by atoms with van der Waals surface area (Å²) < 4.78 is 0. The Balaban J connectivity index is 1.49. The van der Waals surface area contributed by atoms with E-state index in [0.29, 0.717) is 0 Å². The van der Waals surface area contributed by atoms with Gasteiger partial charge >= 0.3 is 0 Å². The summed E-state index contributed by atoms with van der Waals surface area (Å²) in [4.78, 5) is 0. The maximum absolute atomic E-state index is 2.58. The fraction of sp³-hybridized carbons (Fsp3) is 0.280. The van der Waals surface area contributed by atoms with E-state index in [1.807, 2.05) is 0 Å². The average Bonchev–Trinajstić information content (AvgIpc) is 3.29. The van der Waals surface area contributed by atoms with Gasteiger partial charge in [-0.3, -0.25) is 0 Å². The minimum absolute atomic E-state index is 0.891. The first kappa shape index (κ1) is 16.1. The maximum atomic E-state index is 2.58. The van der Waals surface area contributed by atoms with Gasteiger partial charge in [0.05, 0.1) is 0 Å². The van der Waals surface area contributed by atoms with Crippen LogP contribution in [0.5, 0.6) is 0 Å². The fourth-order valence-corrected chi connectivity index (χ4v) is 4.33. The quantitative estimate of drug-likeness (QED) is 0.399. The van der Waals surface area contributed by atoms with Gasteiger partial charge in [-0.25, -0.2) is 0 Å². The molecule has 4 rings (SSSR count). The number of allylic oxidation sites excluding steroid dienone is 5. The Kier molecular flexibility index (Phi) is 4.97. The van der Waals surface area contributed by atoms with Gasteiger partial charge in [0.25, 0.3) is 0 Å². The van der Waals surface area contributed by atoms with Crippen molar-refractivity contribution in [3.8, 4) is 0 Å². The highest BCUT2D eigenvalue weighted by Gasteiger charge is 2.32. The second-order valence-corrected chi connectivity index (χ2v) is 7.34. The van der Waals surface area contributed by atoms with E-state index in [2.05, 4.69) is 85.0 Å². The van der Waals surface area contributed by atoms with Gasteiger partial charge in [0.2, 0.25) is 0 Å². The third-order valence-corrected chi connectivity index (χ3v) is 5.66. The number of benzene rings is 2. The van der Waals surface area contributed by atoms with Crippen molar-refractivity contribution in [1.82, 2.24) is 0 Å². The SMILES string of the molecule is C(=Cc1ccccc1)C=C(CCC1=CC2CC[C@H]1C2)c1ccccc1. The predicted octanol–water partition coefficient (Wildman–Crippen LogP) is 6.92. The minimum atomic E-state index is 0.891. The lowest BCUT2D eigenvalue weighted by molar-refractivity contribution is 0.629. The van der Waals surface area contributed by atoms with Gasteiger partial charge in [0, 0.05) is 0 Å². The molecule has 2 bridgehead atoms. The van der Waals surface area contributed by atoms with Crippen LogP contribution >= 0.6 is 0 Å². The van der Waals surface area contributed by atoms with E-state index < -0.39 is 0 Å². The molecule has 0 spiro atoms. The Morgan fingerprint density at radius 3 is 2.36 bits per heavy atom. The Hall–Kier alpha value is -2.34. The van der Waals surface area contributed by atoms with Crippen LogP contribution in [0, 0.1) is 11.8 Å². The summed E-state index contributed by atoms with van der Waals surface area (Å²) in [5.41, 5.74) is 5.77. The first-order valence-corrected chi connectivity index (χ1v) is 9.57. The predicted molar refractivity (Wildman–Crippen MR) is 108 cm³/mol. The highest BCUT2D eigenvalue weighted by Crippen LogP contribution is 2.45. The van der Waals surface area contributed by atoms with Crippen molar-refractivity contribution in [3.05, 3.63) is 95.6 Å². The van der Waals surface area contributed by atoms with Gasteiger partial charge < -0.3 is 0 Å². The summed E-state index contributed by atoms with van der Waals surface area (Å²) >= 11 is 0. The van der Waals surface area contributed by atoms with Crippen molar-refractivity contribution in [2.45, 2.75) is 32.1 Å². The van der Waals surface area contributed by atoms with Crippen molar-refractivity contribution in [3.63, 3.8) is 0 Å². The number of rotatable bonds is 6. The molecule has 25 heavy (non-hydrogen) atoms. The van der Waals surface area contributed by atoms with Crippen LogP contribution in [0.15, 0.2) is 84.5 Å². The lowest BCUT2D eigenvalue weighted by Gasteiger charge is -2.14. The molecule has 2 atom stereocenters. The molecule has 0 aromatic heterocycles. The maximum Gasteiger partial charge on any atom is -0.0197 e. The van der Waals surface area contributed by atoms with E-state index in [-0.39, 0.29) is 0 Å². The molecule has 0 heteroatoms. The molecule has 1 saturated carbocycles. The Morgan fingerprint density at radius 2 is 1.68 bits per heavy atom. The largest absolute Gasteiger partial charge is 0.0819 e. The highest BCUT2D eigenvalue weighted by molar-refractivity contribution is 5.69. The first-order valence-electron chi connectivity index (χ1n) is 9.57. The van der Waals surface area contributed by atoms with Crippen molar-refractivity contribution in [2.75, 3.05) is 0 Å². The van der Waals surface area contributed by atoms with Gasteiger partial charge in [0.15, 0.2) is 0 Å². The molecule has 2 aromatic rings. The molecule has 126 valence electrons. The van der Waals surface area contributed by atoms with Gasteiger partial charge in [-0.1, -0.05) is 90.5 Å². The molecular weight excluding hydrogens is 300 g/mol. The molecule has 2 aliphatic rings. The summed E-state index contributed by atoms with van der Waals surface area (Å²) in [6, 6.07) is 21.4. The smallest absolute Gasteiger partial charge is 0.0197 e. The van der Waals surface area contributed by atoms with E-state index in [9.17, 15) is 0 Å². The van der Waals surface area contributed by atoms with Crippen LogP contribution in [0.1, 0.15) is 43.2 Å². The zero-order chi connectivity index (χ0) is 16.9. The molecule has 0 radical (unpaired) electrons.